The second kappa shape index (κ2) is 12.7. The summed E-state index contributed by atoms with van der Waals surface area (Å²) in [6.07, 6.45) is 4.24. The van der Waals surface area contributed by atoms with E-state index < -0.39 is 0 Å². The van der Waals surface area contributed by atoms with Crippen molar-refractivity contribution in [3.63, 3.8) is 0 Å². The molecule has 0 spiro atoms. The van der Waals surface area contributed by atoms with E-state index in [1.165, 1.54) is 11.1 Å². The van der Waals surface area contributed by atoms with Crippen LogP contribution in [0.4, 0.5) is 0 Å². The predicted molar refractivity (Wildman–Crippen MR) is 79.6 cm³/mol. The first-order valence-electron chi connectivity index (χ1n) is 5.73. The molecule has 0 bridgehead atoms. The van der Waals surface area contributed by atoms with Crippen LogP contribution in [0, 0.1) is 7.43 Å². The van der Waals surface area contributed by atoms with Crippen molar-refractivity contribution in [1.82, 2.24) is 0 Å². The summed E-state index contributed by atoms with van der Waals surface area (Å²) in [4.78, 5) is 0. The van der Waals surface area contributed by atoms with Crippen molar-refractivity contribution in [3.8, 4) is 0 Å². The molecule has 2 aromatic carbocycles. The maximum Gasteiger partial charge on any atom is 0 e. The van der Waals surface area contributed by atoms with Crippen LogP contribution in [0.25, 0.3) is 12.2 Å². The minimum atomic E-state index is 0. The maximum absolute atomic E-state index is 2.12. The quantitative estimate of drug-likeness (QED) is 0.519. The predicted octanol–water partition coefficient (Wildman–Crippen LogP) is 5.33. The van der Waals surface area contributed by atoms with Gasteiger partial charge in [0, 0.05) is 32.7 Å². The van der Waals surface area contributed by atoms with Crippen LogP contribution in [-0.4, -0.2) is 0 Å². The molecule has 0 aromatic heterocycles. The first-order chi connectivity index (χ1) is 7.95. The molecule has 2 aromatic rings. The third kappa shape index (κ3) is 7.58. The van der Waals surface area contributed by atoms with Gasteiger partial charge in [-0.05, 0) is 11.1 Å². The topological polar surface area (TPSA) is 0 Å². The Labute approximate surface area is 137 Å². The largest absolute Gasteiger partial charge is 0.358 e. The molecule has 0 aliphatic rings. The molecule has 0 fully saturated rings. The molecule has 0 unspecified atom stereocenters. The Hall–Kier alpha value is -0.716. The van der Waals surface area contributed by atoms with Crippen molar-refractivity contribution >= 4 is 12.2 Å². The third-order valence-corrected chi connectivity index (χ3v) is 2.07. The molecule has 0 aliphatic carbocycles. The van der Waals surface area contributed by atoms with E-state index >= 15 is 0 Å². The van der Waals surface area contributed by atoms with Gasteiger partial charge < -0.3 is 7.43 Å². The molecule has 0 heterocycles. The van der Waals surface area contributed by atoms with Gasteiger partial charge >= 0.3 is 0 Å². The molecule has 1 radical (unpaired) electrons. The number of hydrogen-bond donors (Lipinski definition) is 0. The maximum atomic E-state index is 2.12. The van der Waals surface area contributed by atoms with Crippen LogP contribution in [0.1, 0.15) is 25.0 Å². The van der Waals surface area contributed by atoms with Gasteiger partial charge in [0.05, 0.1) is 0 Å². The summed E-state index contributed by atoms with van der Waals surface area (Å²) in [7, 11) is 0. The van der Waals surface area contributed by atoms with E-state index in [4.69, 9.17) is 0 Å². The summed E-state index contributed by atoms with van der Waals surface area (Å²) < 4.78 is 0. The first kappa shape index (κ1) is 19.6. The fraction of sp³-hybridized carbons (Fsp3) is 0.118. The molecular weight excluding hydrogens is 293 g/mol. The van der Waals surface area contributed by atoms with E-state index in [2.05, 4.69) is 36.4 Å². The molecule has 2 rings (SSSR count). The van der Waals surface area contributed by atoms with E-state index in [0.717, 1.165) is 0 Å². The molecule has 0 saturated carbocycles. The van der Waals surface area contributed by atoms with E-state index in [1.54, 1.807) is 0 Å². The second-order valence-corrected chi connectivity index (χ2v) is 3.15. The van der Waals surface area contributed by atoms with E-state index in [9.17, 15) is 0 Å². The van der Waals surface area contributed by atoms with E-state index in [-0.39, 0.29) is 40.1 Å². The Balaban J connectivity index is 0. The Morgan fingerprint density at radius 2 is 0.889 bits per heavy atom. The van der Waals surface area contributed by atoms with Crippen LogP contribution >= 0.6 is 0 Å². The summed E-state index contributed by atoms with van der Waals surface area (Å²) >= 11 is 0. The van der Waals surface area contributed by atoms with Crippen molar-refractivity contribution in [2.24, 2.45) is 0 Å². The normalized spacial score (nSPS) is 8.56. The molecule has 0 saturated heterocycles. The van der Waals surface area contributed by atoms with Crippen molar-refractivity contribution in [2.75, 3.05) is 0 Å². The molecule has 0 aliphatic heterocycles. The Morgan fingerprint density at radius 3 is 1.17 bits per heavy atom. The van der Waals surface area contributed by atoms with Gasteiger partial charge in [-0.25, -0.2) is 0 Å². The average Bonchev–Trinajstić information content (AvgIpc) is 2.41. The number of rotatable bonds is 2. The van der Waals surface area contributed by atoms with E-state index in [0.29, 0.717) is 0 Å². The minimum Gasteiger partial charge on any atom is -0.358 e. The number of benzene rings is 2. The smallest absolute Gasteiger partial charge is 0 e. The van der Waals surface area contributed by atoms with Gasteiger partial charge in [0.25, 0.3) is 0 Å². The zero-order valence-electron chi connectivity index (χ0n) is 11.5. The minimum absolute atomic E-state index is 0. The molecule has 1 heteroatoms. The van der Waals surface area contributed by atoms with Gasteiger partial charge in [0.1, 0.15) is 0 Å². The number of hydrogen-bond acceptors (Lipinski definition) is 0. The van der Waals surface area contributed by atoms with Gasteiger partial charge in [0.2, 0.25) is 0 Å². The SMILES string of the molecule is C(=Cc1ccccc1)c1ccccc1.CC.[CH3-].[Y]. The molecule has 0 N–H and O–H groups in total. The summed E-state index contributed by atoms with van der Waals surface area (Å²) in [5.41, 5.74) is 2.47. The van der Waals surface area contributed by atoms with E-state index in [1.807, 2.05) is 50.2 Å². The van der Waals surface area contributed by atoms with Gasteiger partial charge in [-0.2, -0.15) is 0 Å². The van der Waals surface area contributed by atoms with Crippen LogP contribution in [-0.2, 0) is 32.7 Å². The van der Waals surface area contributed by atoms with Crippen molar-refractivity contribution in [2.45, 2.75) is 13.8 Å². The average molecular weight is 314 g/mol. The Bertz CT molecular complexity index is 363. The molecule has 0 nitrogen and oxygen atoms in total. The van der Waals surface area contributed by atoms with Crippen molar-refractivity contribution < 1.29 is 32.7 Å². The standard InChI is InChI=1S/C14H12.C2H6.CH3.Y/c1-3-7-13(8-4-1)11-12-14-9-5-2-6-10-14;1-2;;/h1-12H;1-2H3;1H3;/q;;-1;. The fourth-order valence-corrected chi connectivity index (χ4v) is 1.32. The summed E-state index contributed by atoms with van der Waals surface area (Å²) in [5.74, 6) is 0. The van der Waals surface area contributed by atoms with Crippen LogP contribution in [0.3, 0.4) is 0 Å². The first-order valence-corrected chi connectivity index (χ1v) is 5.73. The van der Waals surface area contributed by atoms with Gasteiger partial charge in [-0.3, -0.25) is 0 Å². The zero-order chi connectivity index (χ0) is 11.6. The second-order valence-electron chi connectivity index (χ2n) is 3.15. The summed E-state index contributed by atoms with van der Waals surface area (Å²) in [5, 5.41) is 0. The van der Waals surface area contributed by atoms with Gasteiger partial charge in [-0.15, -0.1) is 0 Å². The summed E-state index contributed by atoms with van der Waals surface area (Å²) in [6.45, 7) is 4.00. The monoisotopic (exact) mass is 314 g/mol. The Kier molecular flexibility index (Phi) is 13.9. The van der Waals surface area contributed by atoms with Crippen LogP contribution in [0.15, 0.2) is 60.7 Å². The molecule has 93 valence electrons. The molecule has 18 heavy (non-hydrogen) atoms. The molecular formula is C17H21Y-. The van der Waals surface area contributed by atoms with Gasteiger partial charge in [-0.1, -0.05) is 86.7 Å². The van der Waals surface area contributed by atoms with Gasteiger partial charge in [0.15, 0.2) is 0 Å². The zero-order valence-corrected chi connectivity index (χ0v) is 14.3. The Morgan fingerprint density at radius 1 is 0.611 bits per heavy atom. The third-order valence-electron chi connectivity index (χ3n) is 2.07. The van der Waals surface area contributed by atoms with Crippen molar-refractivity contribution in [1.29, 1.82) is 0 Å². The van der Waals surface area contributed by atoms with Crippen LogP contribution in [0.2, 0.25) is 0 Å². The molecule has 0 atom stereocenters. The molecule has 0 amide bonds. The van der Waals surface area contributed by atoms with Crippen LogP contribution in [0.5, 0.6) is 0 Å². The fourth-order valence-electron chi connectivity index (χ4n) is 1.32. The van der Waals surface area contributed by atoms with Crippen molar-refractivity contribution in [3.05, 3.63) is 79.2 Å². The summed E-state index contributed by atoms with van der Waals surface area (Å²) in [6, 6.07) is 20.6. The van der Waals surface area contributed by atoms with Crippen LogP contribution < -0.4 is 0 Å².